The first kappa shape index (κ1) is 17.8. The van der Waals surface area contributed by atoms with Gasteiger partial charge in [-0.2, -0.15) is 26.3 Å². The number of hydrogen-bond donors (Lipinski definition) is 2. The van der Waals surface area contributed by atoms with E-state index < -0.39 is 41.5 Å². The van der Waals surface area contributed by atoms with Crippen molar-refractivity contribution in [1.82, 2.24) is 14.9 Å². The molecular weight excluding hydrogens is 322 g/mol. The summed E-state index contributed by atoms with van der Waals surface area (Å²) in [5, 5.41) is 9.84. The Balaban J connectivity index is 3.56. The Morgan fingerprint density at radius 2 is 1.64 bits per heavy atom. The minimum Gasteiger partial charge on any atom is -0.465 e. The molecule has 0 saturated heterocycles. The second-order valence-electron chi connectivity index (χ2n) is 3.93. The number of aromatic nitrogens is 2. The van der Waals surface area contributed by atoms with E-state index >= 15 is 0 Å². The number of anilines is 1. The number of amides is 1. The van der Waals surface area contributed by atoms with E-state index in [0.717, 1.165) is 24.6 Å². The fraction of sp³-hybridized carbons (Fsp3) is 0.500. The highest BCUT2D eigenvalue weighted by atomic mass is 19.4. The van der Waals surface area contributed by atoms with Gasteiger partial charge in [-0.25, -0.2) is 14.8 Å². The van der Waals surface area contributed by atoms with Crippen molar-refractivity contribution in [2.45, 2.75) is 24.9 Å². The van der Waals surface area contributed by atoms with Crippen LogP contribution in [0.25, 0.3) is 0 Å². The zero-order chi connectivity index (χ0) is 17.2. The first-order chi connectivity index (χ1) is 9.97. The van der Waals surface area contributed by atoms with Gasteiger partial charge in [0.15, 0.2) is 0 Å². The SMILES string of the molecule is CCN(C(=O)O)C(Nc1ncccn1)(C(F)(F)F)C(F)(F)F. The van der Waals surface area contributed by atoms with Crippen LogP contribution in [0.15, 0.2) is 18.5 Å². The summed E-state index contributed by atoms with van der Waals surface area (Å²) >= 11 is 0. The molecule has 1 amide bonds. The number of alkyl halides is 6. The van der Waals surface area contributed by atoms with Gasteiger partial charge < -0.3 is 10.4 Å². The quantitative estimate of drug-likeness (QED) is 0.655. The van der Waals surface area contributed by atoms with Gasteiger partial charge in [0.05, 0.1) is 0 Å². The maximum absolute atomic E-state index is 13.2. The smallest absolute Gasteiger partial charge is 0.440 e. The van der Waals surface area contributed by atoms with Gasteiger partial charge in [0.1, 0.15) is 0 Å². The predicted octanol–water partition coefficient (Wildman–Crippen LogP) is 2.71. The van der Waals surface area contributed by atoms with E-state index in [1.807, 2.05) is 0 Å². The van der Waals surface area contributed by atoms with Crippen molar-refractivity contribution in [3.8, 4) is 0 Å². The van der Waals surface area contributed by atoms with Crippen molar-refractivity contribution in [2.24, 2.45) is 0 Å². The van der Waals surface area contributed by atoms with E-state index in [0.29, 0.717) is 0 Å². The van der Waals surface area contributed by atoms with Crippen LogP contribution in [-0.4, -0.2) is 50.6 Å². The average molecular weight is 332 g/mol. The van der Waals surface area contributed by atoms with E-state index in [9.17, 15) is 31.1 Å². The number of hydrogen-bond acceptors (Lipinski definition) is 4. The van der Waals surface area contributed by atoms with Crippen molar-refractivity contribution >= 4 is 12.0 Å². The Morgan fingerprint density at radius 1 is 1.18 bits per heavy atom. The summed E-state index contributed by atoms with van der Waals surface area (Å²) in [4.78, 5) is 16.6. The molecule has 0 aromatic carbocycles. The molecule has 0 fully saturated rings. The van der Waals surface area contributed by atoms with Crippen molar-refractivity contribution in [3.05, 3.63) is 18.5 Å². The molecule has 22 heavy (non-hydrogen) atoms. The molecule has 1 aromatic rings. The number of nitrogens with one attached hydrogen (secondary N) is 1. The molecule has 12 heteroatoms. The van der Waals surface area contributed by atoms with Crippen LogP contribution in [0.1, 0.15) is 6.92 Å². The standard InChI is InChI=1S/C10H10F6N4O2/c1-2-20(7(21)22)8(9(11,12)13,10(14,15)16)19-6-17-4-3-5-18-6/h3-5H,2H2,1H3,(H,21,22)(H,17,18,19). The summed E-state index contributed by atoms with van der Waals surface area (Å²) in [6.45, 7) is -0.234. The molecule has 1 rings (SSSR count). The second-order valence-corrected chi connectivity index (χ2v) is 3.93. The molecule has 124 valence electrons. The van der Waals surface area contributed by atoms with Gasteiger partial charge >= 0.3 is 24.1 Å². The molecule has 0 unspecified atom stereocenters. The van der Waals surface area contributed by atoms with E-state index in [4.69, 9.17) is 5.11 Å². The van der Waals surface area contributed by atoms with E-state index in [-0.39, 0.29) is 0 Å². The Hall–Kier alpha value is -2.27. The molecule has 0 saturated carbocycles. The highest BCUT2D eigenvalue weighted by Crippen LogP contribution is 2.47. The van der Waals surface area contributed by atoms with Gasteiger partial charge in [0.2, 0.25) is 5.95 Å². The van der Waals surface area contributed by atoms with Gasteiger partial charge in [0.25, 0.3) is 0 Å². The van der Waals surface area contributed by atoms with Crippen LogP contribution in [0.4, 0.5) is 37.1 Å². The number of carboxylic acid groups (broad SMARTS) is 1. The molecule has 0 aliphatic rings. The summed E-state index contributed by atoms with van der Waals surface area (Å²) in [7, 11) is 0. The topological polar surface area (TPSA) is 78.4 Å². The molecule has 0 atom stereocenters. The summed E-state index contributed by atoms with van der Waals surface area (Å²) in [6, 6.07) is 1.17. The number of rotatable bonds is 4. The third kappa shape index (κ3) is 2.99. The fourth-order valence-electron chi connectivity index (χ4n) is 1.72. The molecule has 2 N–H and O–H groups in total. The summed E-state index contributed by atoms with van der Waals surface area (Å²) < 4.78 is 79.3. The zero-order valence-corrected chi connectivity index (χ0v) is 10.9. The minimum absolute atomic E-state index is 0.802. The lowest BCUT2D eigenvalue weighted by atomic mass is 10.1. The first-order valence-electron chi connectivity index (χ1n) is 5.66. The van der Waals surface area contributed by atoms with Crippen LogP contribution in [0.2, 0.25) is 0 Å². The van der Waals surface area contributed by atoms with Crippen LogP contribution < -0.4 is 5.32 Å². The largest absolute Gasteiger partial charge is 0.465 e. The molecule has 0 radical (unpaired) electrons. The van der Waals surface area contributed by atoms with Crippen LogP contribution >= 0.6 is 0 Å². The van der Waals surface area contributed by atoms with Crippen molar-refractivity contribution in [1.29, 1.82) is 0 Å². The van der Waals surface area contributed by atoms with E-state index in [1.165, 1.54) is 6.07 Å². The van der Waals surface area contributed by atoms with Crippen LogP contribution in [-0.2, 0) is 0 Å². The molecule has 0 aliphatic carbocycles. The average Bonchev–Trinajstić information content (AvgIpc) is 2.36. The Kier molecular flexibility index (Phi) is 4.73. The van der Waals surface area contributed by atoms with Gasteiger partial charge in [-0.15, -0.1) is 0 Å². The lowest BCUT2D eigenvalue weighted by Gasteiger charge is -2.43. The maximum Gasteiger partial charge on any atom is 0.440 e. The van der Waals surface area contributed by atoms with Crippen molar-refractivity contribution < 1.29 is 36.2 Å². The second kappa shape index (κ2) is 5.85. The zero-order valence-electron chi connectivity index (χ0n) is 10.9. The van der Waals surface area contributed by atoms with Gasteiger partial charge in [0, 0.05) is 18.9 Å². The highest BCUT2D eigenvalue weighted by molar-refractivity contribution is 5.67. The van der Waals surface area contributed by atoms with E-state index in [1.54, 1.807) is 0 Å². The van der Waals surface area contributed by atoms with Gasteiger partial charge in [-0.3, -0.25) is 4.90 Å². The fourth-order valence-corrected chi connectivity index (χ4v) is 1.72. The molecular formula is C10H10F6N4O2. The molecule has 0 bridgehead atoms. The maximum atomic E-state index is 13.2. The molecule has 0 aliphatic heterocycles. The van der Waals surface area contributed by atoms with E-state index in [2.05, 4.69) is 9.97 Å². The number of halogens is 6. The lowest BCUT2D eigenvalue weighted by Crippen LogP contribution is -2.73. The Labute approximate surface area is 119 Å². The van der Waals surface area contributed by atoms with Crippen LogP contribution in [0.5, 0.6) is 0 Å². The molecule has 1 aromatic heterocycles. The molecule has 1 heterocycles. The molecule has 6 nitrogen and oxygen atoms in total. The van der Waals surface area contributed by atoms with Gasteiger partial charge in [-0.05, 0) is 13.0 Å². The monoisotopic (exact) mass is 332 g/mol. The summed E-state index contributed by atoms with van der Waals surface area (Å²) in [5.41, 5.74) is -4.87. The normalized spacial score (nSPS) is 12.9. The molecule has 0 spiro atoms. The van der Waals surface area contributed by atoms with Crippen molar-refractivity contribution in [3.63, 3.8) is 0 Å². The lowest BCUT2D eigenvalue weighted by molar-refractivity contribution is -0.323. The minimum atomic E-state index is -6.02. The predicted molar refractivity (Wildman–Crippen MR) is 60.9 cm³/mol. The van der Waals surface area contributed by atoms with Crippen molar-refractivity contribution in [2.75, 3.05) is 11.9 Å². The highest BCUT2D eigenvalue weighted by Gasteiger charge is 2.76. The van der Waals surface area contributed by atoms with Crippen LogP contribution in [0.3, 0.4) is 0 Å². The van der Waals surface area contributed by atoms with Gasteiger partial charge in [-0.1, -0.05) is 0 Å². The summed E-state index contributed by atoms with van der Waals surface area (Å²) in [6.07, 6.45) is -12.6. The number of carbonyl (C=O) groups is 1. The third-order valence-electron chi connectivity index (χ3n) is 2.63. The summed E-state index contributed by atoms with van der Waals surface area (Å²) in [5.74, 6) is -1.02. The van der Waals surface area contributed by atoms with Crippen LogP contribution in [0, 0.1) is 0 Å². The number of nitrogens with zero attached hydrogens (tertiary/aromatic N) is 3. The Bertz CT molecular complexity index is 504. The first-order valence-corrected chi connectivity index (χ1v) is 5.66. The Morgan fingerprint density at radius 3 is 1.95 bits per heavy atom. The third-order valence-corrected chi connectivity index (χ3v) is 2.63.